The molecule has 0 fully saturated rings. The quantitative estimate of drug-likeness (QED) is 0.784. The Morgan fingerprint density at radius 2 is 2.20 bits per heavy atom. The number of anilines is 1. The fourth-order valence-corrected chi connectivity index (χ4v) is 1.40. The average molecular weight is 209 g/mol. The summed E-state index contributed by atoms with van der Waals surface area (Å²) in [5.74, 6) is 0.953. The van der Waals surface area contributed by atoms with Crippen LogP contribution >= 0.6 is 0 Å². The molecule has 0 radical (unpaired) electrons. The number of ether oxygens (including phenoxy) is 1. The fourth-order valence-electron chi connectivity index (χ4n) is 1.40. The largest absolute Gasteiger partial charge is 0.383 e. The van der Waals surface area contributed by atoms with Gasteiger partial charge >= 0.3 is 0 Å². The lowest BCUT2D eigenvalue weighted by Gasteiger charge is -2.20. The third kappa shape index (κ3) is 3.18. The summed E-state index contributed by atoms with van der Waals surface area (Å²) in [5, 5.41) is 0. The maximum absolute atomic E-state index is 5.67. The molecule has 0 saturated heterocycles. The second-order valence-corrected chi connectivity index (χ2v) is 3.55. The van der Waals surface area contributed by atoms with E-state index in [0.29, 0.717) is 13.2 Å². The van der Waals surface area contributed by atoms with Crippen LogP contribution in [0.1, 0.15) is 11.3 Å². The van der Waals surface area contributed by atoms with Gasteiger partial charge in [0.15, 0.2) is 0 Å². The zero-order valence-electron chi connectivity index (χ0n) is 9.66. The molecule has 1 aromatic heterocycles. The molecule has 0 aromatic carbocycles. The number of hydrogen-bond donors (Lipinski definition) is 1. The Morgan fingerprint density at radius 1 is 1.47 bits per heavy atom. The molecule has 0 amide bonds. The predicted molar refractivity (Wildman–Crippen MR) is 62.0 cm³/mol. The first kappa shape index (κ1) is 11.9. The van der Waals surface area contributed by atoms with Crippen LogP contribution in [0.4, 0.5) is 5.82 Å². The van der Waals surface area contributed by atoms with Crippen LogP contribution in [0, 0.1) is 6.92 Å². The molecule has 0 aliphatic carbocycles. The number of hydrogen-bond acceptors (Lipinski definition) is 4. The van der Waals surface area contributed by atoms with E-state index < -0.39 is 0 Å². The molecule has 0 spiro atoms. The van der Waals surface area contributed by atoms with Crippen molar-refractivity contribution in [2.45, 2.75) is 13.5 Å². The van der Waals surface area contributed by atoms with E-state index in [-0.39, 0.29) is 0 Å². The minimum absolute atomic E-state index is 0.514. The predicted octanol–water partition coefficient (Wildman–Crippen LogP) is 0.931. The Bertz CT molecular complexity index is 315. The average Bonchev–Trinajstić information content (AvgIpc) is 2.25. The molecule has 0 aliphatic rings. The molecule has 0 saturated carbocycles. The highest BCUT2D eigenvalue weighted by molar-refractivity contribution is 5.47. The molecule has 0 unspecified atom stereocenters. The van der Waals surface area contributed by atoms with E-state index in [4.69, 9.17) is 10.5 Å². The third-order valence-corrected chi connectivity index (χ3v) is 2.31. The van der Waals surface area contributed by atoms with Crippen molar-refractivity contribution in [1.29, 1.82) is 0 Å². The normalized spacial score (nSPS) is 10.4. The van der Waals surface area contributed by atoms with Gasteiger partial charge in [-0.25, -0.2) is 4.98 Å². The summed E-state index contributed by atoms with van der Waals surface area (Å²) >= 11 is 0. The highest BCUT2D eigenvalue weighted by Gasteiger charge is 2.07. The smallest absolute Gasteiger partial charge is 0.133 e. The van der Waals surface area contributed by atoms with Crippen molar-refractivity contribution in [1.82, 2.24) is 4.98 Å². The monoisotopic (exact) mass is 209 g/mol. The van der Waals surface area contributed by atoms with Gasteiger partial charge in [0, 0.05) is 38.5 Å². The van der Waals surface area contributed by atoms with Crippen LogP contribution in [0.25, 0.3) is 0 Å². The Labute approximate surface area is 91.1 Å². The number of pyridine rings is 1. The van der Waals surface area contributed by atoms with E-state index in [0.717, 1.165) is 23.6 Å². The number of aryl methyl sites for hydroxylation is 1. The zero-order chi connectivity index (χ0) is 11.3. The van der Waals surface area contributed by atoms with Crippen LogP contribution in [-0.4, -0.2) is 32.3 Å². The van der Waals surface area contributed by atoms with Gasteiger partial charge in [-0.1, -0.05) is 6.07 Å². The van der Waals surface area contributed by atoms with Gasteiger partial charge in [-0.15, -0.1) is 0 Å². The van der Waals surface area contributed by atoms with Gasteiger partial charge in [0.25, 0.3) is 0 Å². The molecule has 0 aliphatic heterocycles. The van der Waals surface area contributed by atoms with Gasteiger partial charge in [0.1, 0.15) is 5.82 Å². The fraction of sp³-hybridized carbons (Fsp3) is 0.545. The second kappa shape index (κ2) is 5.68. The summed E-state index contributed by atoms with van der Waals surface area (Å²) in [5.41, 5.74) is 7.74. The Hall–Kier alpha value is -1.13. The number of nitrogens with zero attached hydrogens (tertiary/aromatic N) is 2. The highest BCUT2D eigenvalue weighted by Crippen LogP contribution is 2.16. The zero-order valence-corrected chi connectivity index (χ0v) is 9.66. The lowest BCUT2D eigenvalue weighted by atomic mass is 10.2. The summed E-state index contributed by atoms with van der Waals surface area (Å²) < 4.78 is 5.04. The SMILES string of the molecule is COCCN(C)c1nc(C)ccc1CN. The van der Waals surface area contributed by atoms with Crippen molar-refractivity contribution < 1.29 is 4.74 Å². The van der Waals surface area contributed by atoms with Crippen LogP contribution in [0.2, 0.25) is 0 Å². The Morgan fingerprint density at radius 3 is 2.80 bits per heavy atom. The third-order valence-electron chi connectivity index (χ3n) is 2.31. The molecule has 2 N–H and O–H groups in total. The first-order valence-corrected chi connectivity index (χ1v) is 5.05. The first-order chi connectivity index (χ1) is 7.19. The van der Waals surface area contributed by atoms with Crippen molar-refractivity contribution >= 4 is 5.82 Å². The summed E-state index contributed by atoms with van der Waals surface area (Å²) in [7, 11) is 3.70. The van der Waals surface area contributed by atoms with Crippen molar-refractivity contribution in [2.75, 3.05) is 32.2 Å². The van der Waals surface area contributed by atoms with E-state index in [1.807, 2.05) is 26.1 Å². The van der Waals surface area contributed by atoms with Crippen molar-refractivity contribution in [3.8, 4) is 0 Å². The molecule has 1 heterocycles. The van der Waals surface area contributed by atoms with E-state index in [9.17, 15) is 0 Å². The molecule has 0 bridgehead atoms. The molecule has 4 nitrogen and oxygen atoms in total. The van der Waals surface area contributed by atoms with Gasteiger partial charge in [-0.2, -0.15) is 0 Å². The van der Waals surface area contributed by atoms with E-state index in [1.54, 1.807) is 7.11 Å². The first-order valence-electron chi connectivity index (χ1n) is 5.05. The molecular weight excluding hydrogens is 190 g/mol. The number of aromatic nitrogens is 1. The van der Waals surface area contributed by atoms with Crippen LogP contribution in [-0.2, 0) is 11.3 Å². The summed E-state index contributed by atoms with van der Waals surface area (Å²) in [4.78, 5) is 6.56. The Balaban J connectivity index is 2.85. The van der Waals surface area contributed by atoms with Crippen LogP contribution < -0.4 is 10.6 Å². The molecule has 1 aromatic rings. The molecule has 84 valence electrons. The minimum Gasteiger partial charge on any atom is -0.383 e. The molecule has 1 rings (SSSR count). The number of likely N-dealkylation sites (N-methyl/N-ethyl adjacent to an activating group) is 1. The van der Waals surface area contributed by atoms with Crippen molar-refractivity contribution in [3.05, 3.63) is 23.4 Å². The highest BCUT2D eigenvalue weighted by atomic mass is 16.5. The summed E-state index contributed by atoms with van der Waals surface area (Å²) in [6.07, 6.45) is 0. The van der Waals surface area contributed by atoms with Crippen molar-refractivity contribution in [3.63, 3.8) is 0 Å². The van der Waals surface area contributed by atoms with Gasteiger partial charge in [-0.05, 0) is 13.0 Å². The standard InChI is InChI=1S/C11H19N3O/c1-9-4-5-10(8-12)11(13-9)14(2)6-7-15-3/h4-5H,6-8,12H2,1-3H3. The lowest BCUT2D eigenvalue weighted by molar-refractivity contribution is 0.206. The van der Waals surface area contributed by atoms with Gasteiger partial charge in [-0.3, -0.25) is 0 Å². The molecular formula is C11H19N3O. The maximum Gasteiger partial charge on any atom is 0.133 e. The minimum atomic E-state index is 0.514. The summed E-state index contributed by atoms with van der Waals surface area (Å²) in [6.45, 7) is 4.00. The van der Waals surface area contributed by atoms with E-state index in [2.05, 4.69) is 9.88 Å². The second-order valence-electron chi connectivity index (χ2n) is 3.55. The number of methoxy groups -OCH3 is 1. The van der Waals surface area contributed by atoms with E-state index in [1.165, 1.54) is 0 Å². The van der Waals surface area contributed by atoms with Gasteiger partial charge < -0.3 is 15.4 Å². The number of nitrogens with two attached hydrogens (primary N) is 1. The maximum atomic E-state index is 5.67. The molecule has 4 heteroatoms. The summed E-state index contributed by atoms with van der Waals surface area (Å²) in [6, 6.07) is 4.01. The lowest BCUT2D eigenvalue weighted by Crippen LogP contribution is -2.25. The molecule has 15 heavy (non-hydrogen) atoms. The van der Waals surface area contributed by atoms with Gasteiger partial charge in [0.05, 0.1) is 6.61 Å². The Kier molecular flexibility index (Phi) is 4.52. The van der Waals surface area contributed by atoms with Crippen molar-refractivity contribution in [2.24, 2.45) is 5.73 Å². The topological polar surface area (TPSA) is 51.4 Å². The van der Waals surface area contributed by atoms with Gasteiger partial charge in [0.2, 0.25) is 0 Å². The van der Waals surface area contributed by atoms with E-state index >= 15 is 0 Å². The number of rotatable bonds is 5. The van der Waals surface area contributed by atoms with Crippen LogP contribution in [0.3, 0.4) is 0 Å². The van der Waals surface area contributed by atoms with Crippen LogP contribution in [0.15, 0.2) is 12.1 Å². The van der Waals surface area contributed by atoms with Crippen LogP contribution in [0.5, 0.6) is 0 Å². The molecule has 0 atom stereocenters.